The molecule has 5 heteroatoms. The predicted octanol–water partition coefficient (Wildman–Crippen LogP) is 6.27. The van der Waals surface area contributed by atoms with Gasteiger partial charge in [-0.2, -0.15) is 0 Å². The molecular formula is C25H46O5. The fourth-order valence-electron chi connectivity index (χ4n) is 3.20. The molecule has 0 aliphatic heterocycles. The van der Waals surface area contributed by atoms with E-state index in [2.05, 4.69) is 26.0 Å². The van der Waals surface area contributed by atoms with Crippen LogP contribution in [0.1, 0.15) is 117 Å². The Morgan fingerprint density at radius 1 is 0.767 bits per heavy atom. The third kappa shape index (κ3) is 19.9. The molecular weight excluding hydrogens is 380 g/mol. The van der Waals surface area contributed by atoms with Gasteiger partial charge < -0.3 is 14.6 Å². The number of carbonyl (C=O) groups is 2. The second-order valence-corrected chi connectivity index (χ2v) is 8.03. The minimum atomic E-state index is -0.763. The molecule has 0 fully saturated rings. The monoisotopic (exact) mass is 426 g/mol. The lowest BCUT2D eigenvalue weighted by Gasteiger charge is -2.15. The summed E-state index contributed by atoms with van der Waals surface area (Å²) in [6.45, 7) is 3.94. The maximum atomic E-state index is 11.9. The van der Waals surface area contributed by atoms with Crippen LogP contribution in [0, 0.1) is 0 Å². The third-order valence-corrected chi connectivity index (χ3v) is 5.07. The Kier molecular flexibility index (Phi) is 21.3. The van der Waals surface area contributed by atoms with Gasteiger partial charge in [0.25, 0.3) is 0 Å². The molecule has 5 nitrogen and oxygen atoms in total. The molecule has 30 heavy (non-hydrogen) atoms. The molecule has 0 aliphatic carbocycles. The Morgan fingerprint density at radius 2 is 1.33 bits per heavy atom. The van der Waals surface area contributed by atoms with E-state index in [1.165, 1.54) is 38.5 Å². The van der Waals surface area contributed by atoms with Gasteiger partial charge in [-0.25, -0.2) is 0 Å². The molecule has 1 atom stereocenters. The number of ether oxygens (including phenoxy) is 2. The Hall–Kier alpha value is -1.36. The van der Waals surface area contributed by atoms with Gasteiger partial charge in [-0.1, -0.05) is 83.8 Å². The summed E-state index contributed by atoms with van der Waals surface area (Å²) in [5.74, 6) is -0.616. The van der Waals surface area contributed by atoms with Crippen LogP contribution in [0.15, 0.2) is 12.2 Å². The Balaban J connectivity index is 3.67. The summed E-state index contributed by atoms with van der Waals surface area (Å²) >= 11 is 0. The zero-order chi connectivity index (χ0) is 22.3. The number of rotatable bonds is 21. The summed E-state index contributed by atoms with van der Waals surface area (Å²) in [4.78, 5) is 23.7. The molecule has 0 aromatic heterocycles. The maximum Gasteiger partial charge on any atom is 0.306 e. The topological polar surface area (TPSA) is 72.8 Å². The molecule has 0 aromatic carbocycles. The lowest BCUT2D eigenvalue weighted by Crippen LogP contribution is -2.28. The van der Waals surface area contributed by atoms with Crippen molar-refractivity contribution in [3.05, 3.63) is 12.2 Å². The average Bonchev–Trinajstić information content (AvgIpc) is 2.74. The van der Waals surface area contributed by atoms with Crippen LogP contribution in [0.25, 0.3) is 0 Å². The zero-order valence-electron chi connectivity index (χ0n) is 19.5. The normalized spacial score (nSPS) is 12.2. The van der Waals surface area contributed by atoms with Crippen molar-refractivity contribution in [1.29, 1.82) is 0 Å². The van der Waals surface area contributed by atoms with Gasteiger partial charge in [0.15, 0.2) is 6.10 Å². The lowest BCUT2D eigenvalue weighted by molar-refractivity contribution is -0.161. The first kappa shape index (κ1) is 28.6. The molecule has 0 spiro atoms. The quantitative estimate of drug-likeness (QED) is 0.133. The molecule has 0 aromatic rings. The van der Waals surface area contributed by atoms with E-state index in [1.807, 2.05) is 0 Å². The molecule has 0 rings (SSSR count). The molecule has 0 heterocycles. The molecule has 0 aliphatic rings. The number of esters is 2. The Labute approximate surface area is 184 Å². The van der Waals surface area contributed by atoms with Gasteiger partial charge in [-0.15, -0.1) is 0 Å². The highest BCUT2D eigenvalue weighted by Crippen LogP contribution is 2.10. The summed E-state index contributed by atoms with van der Waals surface area (Å²) in [6.07, 6.45) is 19.9. The molecule has 0 radical (unpaired) electrons. The number of aliphatic hydroxyl groups excluding tert-OH is 1. The average molecular weight is 427 g/mol. The van der Waals surface area contributed by atoms with Gasteiger partial charge in [-0.05, 0) is 32.1 Å². The highest BCUT2D eigenvalue weighted by atomic mass is 16.6. The van der Waals surface area contributed by atoms with E-state index in [0.29, 0.717) is 12.8 Å². The van der Waals surface area contributed by atoms with Crippen LogP contribution in [-0.4, -0.2) is 36.4 Å². The summed E-state index contributed by atoms with van der Waals surface area (Å²) in [6, 6.07) is 0. The van der Waals surface area contributed by atoms with Crippen molar-refractivity contribution < 1.29 is 24.2 Å². The zero-order valence-corrected chi connectivity index (χ0v) is 19.5. The van der Waals surface area contributed by atoms with Crippen molar-refractivity contribution in [1.82, 2.24) is 0 Å². The maximum absolute atomic E-state index is 11.9. The van der Waals surface area contributed by atoms with Crippen molar-refractivity contribution in [3.63, 3.8) is 0 Å². The number of unbranched alkanes of at least 4 members (excludes halogenated alkanes) is 11. The largest absolute Gasteiger partial charge is 0.462 e. The SMILES string of the molecule is CC/C=C/CCCCCCCC(=O)O[C@@H](CO)COC(=O)CCCCCCCCC. The summed E-state index contributed by atoms with van der Waals surface area (Å²) in [7, 11) is 0. The van der Waals surface area contributed by atoms with E-state index in [0.717, 1.165) is 51.4 Å². The van der Waals surface area contributed by atoms with E-state index in [4.69, 9.17) is 9.47 Å². The Bertz CT molecular complexity index is 433. The fraction of sp³-hybridized carbons (Fsp3) is 0.840. The molecule has 0 bridgehead atoms. The molecule has 1 N–H and O–H groups in total. The van der Waals surface area contributed by atoms with E-state index in [1.54, 1.807) is 0 Å². The molecule has 0 amide bonds. The van der Waals surface area contributed by atoms with Crippen molar-refractivity contribution in [2.45, 2.75) is 123 Å². The van der Waals surface area contributed by atoms with E-state index in [9.17, 15) is 14.7 Å². The van der Waals surface area contributed by atoms with Crippen LogP contribution >= 0.6 is 0 Å². The molecule has 0 unspecified atom stereocenters. The summed E-state index contributed by atoms with van der Waals surface area (Å²) in [5, 5.41) is 9.36. The van der Waals surface area contributed by atoms with E-state index >= 15 is 0 Å². The number of hydrogen-bond acceptors (Lipinski definition) is 5. The number of aliphatic hydroxyl groups is 1. The number of hydrogen-bond donors (Lipinski definition) is 1. The minimum Gasteiger partial charge on any atom is -0.462 e. The lowest BCUT2D eigenvalue weighted by atomic mass is 10.1. The minimum absolute atomic E-state index is 0.0666. The molecule has 0 saturated heterocycles. The Morgan fingerprint density at radius 3 is 1.93 bits per heavy atom. The van der Waals surface area contributed by atoms with Gasteiger partial charge in [0, 0.05) is 12.8 Å². The second kappa shape index (κ2) is 22.3. The first-order valence-electron chi connectivity index (χ1n) is 12.2. The van der Waals surface area contributed by atoms with Crippen LogP contribution in [0.3, 0.4) is 0 Å². The standard InChI is InChI=1S/C25H46O5/c1-3-5-7-9-11-12-14-16-18-20-25(28)30-23(21-26)22-29-24(27)19-17-15-13-10-8-6-4-2/h5,7,23,26H,3-4,6,8-22H2,1-2H3/b7-5+/t23-/m0/s1. The van der Waals surface area contributed by atoms with E-state index < -0.39 is 6.10 Å². The number of allylic oxidation sites excluding steroid dienone is 2. The molecule has 176 valence electrons. The van der Waals surface area contributed by atoms with Gasteiger partial charge in [0.05, 0.1) is 6.61 Å². The van der Waals surface area contributed by atoms with Gasteiger partial charge in [0.2, 0.25) is 0 Å². The van der Waals surface area contributed by atoms with Crippen LogP contribution in [0.5, 0.6) is 0 Å². The molecule has 0 saturated carbocycles. The van der Waals surface area contributed by atoms with Gasteiger partial charge in [-0.3, -0.25) is 9.59 Å². The van der Waals surface area contributed by atoms with Crippen LogP contribution in [0.2, 0.25) is 0 Å². The van der Waals surface area contributed by atoms with Crippen molar-refractivity contribution in [3.8, 4) is 0 Å². The van der Waals surface area contributed by atoms with Crippen LogP contribution < -0.4 is 0 Å². The summed E-state index contributed by atoms with van der Waals surface area (Å²) < 4.78 is 10.4. The van der Waals surface area contributed by atoms with Crippen molar-refractivity contribution in [2.24, 2.45) is 0 Å². The highest BCUT2D eigenvalue weighted by Gasteiger charge is 2.16. The first-order chi connectivity index (χ1) is 14.6. The van der Waals surface area contributed by atoms with Crippen molar-refractivity contribution in [2.75, 3.05) is 13.2 Å². The van der Waals surface area contributed by atoms with Gasteiger partial charge in [0.1, 0.15) is 6.61 Å². The van der Waals surface area contributed by atoms with E-state index in [-0.39, 0.29) is 25.2 Å². The second-order valence-electron chi connectivity index (χ2n) is 8.03. The van der Waals surface area contributed by atoms with Crippen molar-refractivity contribution >= 4 is 11.9 Å². The number of carbonyl (C=O) groups excluding carboxylic acids is 2. The van der Waals surface area contributed by atoms with Crippen LogP contribution in [0.4, 0.5) is 0 Å². The predicted molar refractivity (Wildman–Crippen MR) is 122 cm³/mol. The fourth-order valence-corrected chi connectivity index (χ4v) is 3.20. The smallest absolute Gasteiger partial charge is 0.306 e. The highest BCUT2D eigenvalue weighted by molar-refractivity contribution is 5.70. The third-order valence-electron chi connectivity index (χ3n) is 5.07. The van der Waals surface area contributed by atoms with Crippen LogP contribution in [-0.2, 0) is 19.1 Å². The van der Waals surface area contributed by atoms with Gasteiger partial charge >= 0.3 is 11.9 Å². The first-order valence-corrected chi connectivity index (χ1v) is 12.2. The summed E-state index contributed by atoms with van der Waals surface area (Å²) in [5.41, 5.74) is 0.